The second-order valence-corrected chi connectivity index (χ2v) is 6.20. The Bertz CT molecular complexity index is 488. The van der Waals surface area contributed by atoms with E-state index in [4.69, 9.17) is 0 Å². The zero-order valence-corrected chi connectivity index (χ0v) is 11.8. The Labute approximate surface area is 115 Å². The van der Waals surface area contributed by atoms with E-state index >= 15 is 0 Å². The summed E-state index contributed by atoms with van der Waals surface area (Å²) in [5.74, 6) is 1.41. The molecular weight excluding hydrogens is 236 g/mol. The number of fused-ring (bicyclic) bond motifs is 1. The van der Waals surface area contributed by atoms with Crippen molar-refractivity contribution >= 4 is 11.6 Å². The Morgan fingerprint density at radius 2 is 2.00 bits per heavy atom. The molecule has 1 fully saturated rings. The first-order valence-electron chi connectivity index (χ1n) is 7.29. The van der Waals surface area contributed by atoms with Crippen LogP contribution in [0.2, 0.25) is 0 Å². The molecule has 3 nitrogen and oxygen atoms in total. The fraction of sp³-hybridized carbons (Fsp3) is 0.562. The average molecular weight is 258 g/mol. The predicted molar refractivity (Wildman–Crippen MR) is 77.5 cm³/mol. The topological polar surface area (TPSA) is 32.3 Å². The highest BCUT2D eigenvalue weighted by Gasteiger charge is 2.26. The third-order valence-corrected chi connectivity index (χ3v) is 4.22. The Morgan fingerprint density at radius 3 is 2.74 bits per heavy atom. The number of hydrogen-bond donors (Lipinski definition) is 1. The summed E-state index contributed by atoms with van der Waals surface area (Å²) in [5.41, 5.74) is 3.30. The van der Waals surface area contributed by atoms with Crippen molar-refractivity contribution in [3.8, 4) is 0 Å². The van der Waals surface area contributed by atoms with Crippen LogP contribution in [0.15, 0.2) is 18.2 Å². The highest BCUT2D eigenvalue weighted by atomic mass is 16.2. The van der Waals surface area contributed by atoms with Gasteiger partial charge < -0.3 is 10.2 Å². The summed E-state index contributed by atoms with van der Waals surface area (Å²) < 4.78 is 0. The third kappa shape index (κ3) is 2.46. The first-order valence-corrected chi connectivity index (χ1v) is 7.29. The molecule has 0 saturated carbocycles. The van der Waals surface area contributed by atoms with Crippen LogP contribution in [0.4, 0.5) is 5.69 Å². The Hall–Kier alpha value is -1.51. The number of nitrogens with one attached hydrogen (secondary N) is 1. The van der Waals surface area contributed by atoms with Gasteiger partial charge in [-0.15, -0.1) is 0 Å². The van der Waals surface area contributed by atoms with Gasteiger partial charge in [0.15, 0.2) is 0 Å². The first kappa shape index (κ1) is 12.5. The number of carbonyl (C=O) groups is 1. The number of carbonyl (C=O) groups excluding carboxylic acids is 1. The Balaban J connectivity index is 1.80. The maximum atomic E-state index is 12.6. The number of hydrogen-bond acceptors (Lipinski definition) is 2. The van der Waals surface area contributed by atoms with Gasteiger partial charge in [-0.05, 0) is 42.4 Å². The van der Waals surface area contributed by atoms with Gasteiger partial charge >= 0.3 is 0 Å². The molecule has 1 aromatic rings. The number of rotatable bonds is 1. The van der Waals surface area contributed by atoms with E-state index in [1.54, 1.807) is 0 Å². The fourth-order valence-corrected chi connectivity index (χ4v) is 3.44. The van der Waals surface area contributed by atoms with Crippen LogP contribution in [0.3, 0.4) is 0 Å². The lowest BCUT2D eigenvalue weighted by molar-refractivity contribution is 0.0623. The smallest absolute Gasteiger partial charge is 0.253 e. The number of piperidine rings is 1. The van der Waals surface area contributed by atoms with Gasteiger partial charge in [0.25, 0.3) is 5.91 Å². The van der Waals surface area contributed by atoms with Crippen LogP contribution in [0, 0.1) is 11.8 Å². The number of benzene rings is 1. The zero-order valence-electron chi connectivity index (χ0n) is 11.8. The lowest BCUT2D eigenvalue weighted by Gasteiger charge is -2.35. The quantitative estimate of drug-likeness (QED) is 0.840. The maximum Gasteiger partial charge on any atom is 0.253 e. The van der Waals surface area contributed by atoms with Crippen LogP contribution >= 0.6 is 0 Å². The van der Waals surface area contributed by atoms with Crippen molar-refractivity contribution in [3.63, 3.8) is 0 Å². The van der Waals surface area contributed by atoms with Crippen molar-refractivity contribution in [2.45, 2.75) is 26.7 Å². The van der Waals surface area contributed by atoms with Crippen LogP contribution in [0.1, 0.15) is 36.2 Å². The van der Waals surface area contributed by atoms with E-state index in [2.05, 4.69) is 25.2 Å². The minimum Gasteiger partial charge on any atom is -0.384 e. The van der Waals surface area contributed by atoms with Gasteiger partial charge in [0.2, 0.25) is 0 Å². The van der Waals surface area contributed by atoms with E-state index in [1.165, 1.54) is 12.0 Å². The monoisotopic (exact) mass is 258 g/mol. The van der Waals surface area contributed by atoms with Crippen molar-refractivity contribution in [1.82, 2.24) is 4.90 Å². The number of nitrogens with zero attached hydrogens (tertiary/aromatic N) is 1. The average Bonchev–Trinajstić information content (AvgIpc) is 2.83. The molecule has 0 aromatic heterocycles. The molecule has 0 spiro atoms. The Kier molecular flexibility index (Phi) is 3.21. The van der Waals surface area contributed by atoms with Crippen LogP contribution < -0.4 is 5.32 Å². The van der Waals surface area contributed by atoms with Gasteiger partial charge in [0, 0.05) is 30.9 Å². The van der Waals surface area contributed by atoms with E-state index in [1.807, 2.05) is 17.0 Å². The molecule has 3 rings (SSSR count). The third-order valence-electron chi connectivity index (χ3n) is 4.22. The van der Waals surface area contributed by atoms with Crippen molar-refractivity contribution in [3.05, 3.63) is 29.3 Å². The van der Waals surface area contributed by atoms with Gasteiger partial charge in [-0.1, -0.05) is 19.9 Å². The molecule has 1 N–H and O–H groups in total. The van der Waals surface area contributed by atoms with E-state index in [9.17, 15) is 4.79 Å². The molecular formula is C16H22N2O. The van der Waals surface area contributed by atoms with Crippen molar-refractivity contribution in [2.75, 3.05) is 25.0 Å². The number of amides is 1. The van der Waals surface area contributed by atoms with Gasteiger partial charge in [-0.2, -0.15) is 0 Å². The van der Waals surface area contributed by atoms with Crippen LogP contribution in [-0.2, 0) is 6.42 Å². The van der Waals surface area contributed by atoms with Gasteiger partial charge in [0.05, 0.1) is 0 Å². The molecule has 102 valence electrons. The van der Waals surface area contributed by atoms with E-state index in [-0.39, 0.29) is 5.91 Å². The molecule has 0 radical (unpaired) electrons. The second kappa shape index (κ2) is 4.87. The second-order valence-electron chi connectivity index (χ2n) is 6.20. The summed E-state index contributed by atoms with van der Waals surface area (Å²) in [6.45, 7) is 7.26. The highest BCUT2D eigenvalue weighted by Crippen LogP contribution is 2.26. The van der Waals surface area contributed by atoms with Crippen molar-refractivity contribution in [1.29, 1.82) is 0 Å². The standard InChI is InChI=1S/C16H22N2O/c1-11-7-12(2)10-18(9-11)16(19)14-4-3-13-5-6-17-15(13)8-14/h3-4,8,11-12,17H,5-7,9-10H2,1-2H3. The molecule has 2 aliphatic heterocycles. The molecule has 2 unspecified atom stereocenters. The molecule has 1 aromatic carbocycles. The summed E-state index contributed by atoms with van der Waals surface area (Å²) in [6, 6.07) is 6.10. The largest absolute Gasteiger partial charge is 0.384 e. The highest BCUT2D eigenvalue weighted by molar-refractivity contribution is 5.95. The normalized spacial score (nSPS) is 25.9. The number of likely N-dealkylation sites (tertiary alicyclic amines) is 1. The molecule has 1 amide bonds. The number of anilines is 1. The summed E-state index contributed by atoms with van der Waals surface area (Å²) >= 11 is 0. The summed E-state index contributed by atoms with van der Waals surface area (Å²) in [6.07, 6.45) is 2.30. The lowest BCUT2D eigenvalue weighted by Crippen LogP contribution is -2.42. The maximum absolute atomic E-state index is 12.6. The molecule has 19 heavy (non-hydrogen) atoms. The van der Waals surface area contributed by atoms with Crippen LogP contribution in [0.5, 0.6) is 0 Å². The van der Waals surface area contributed by atoms with Crippen LogP contribution in [-0.4, -0.2) is 30.4 Å². The first-order chi connectivity index (χ1) is 9.13. The van der Waals surface area contributed by atoms with Gasteiger partial charge in [0.1, 0.15) is 0 Å². The predicted octanol–water partition coefficient (Wildman–Crippen LogP) is 2.77. The minimum absolute atomic E-state index is 0.190. The summed E-state index contributed by atoms with van der Waals surface area (Å²) in [4.78, 5) is 14.6. The molecule has 1 saturated heterocycles. The summed E-state index contributed by atoms with van der Waals surface area (Å²) in [5, 5.41) is 3.35. The Morgan fingerprint density at radius 1 is 1.26 bits per heavy atom. The van der Waals surface area contributed by atoms with E-state index in [0.29, 0.717) is 11.8 Å². The fourth-order valence-electron chi connectivity index (χ4n) is 3.44. The van der Waals surface area contributed by atoms with Gasteiger partial charge in [-0.25, -0.2) is 0 Å². The molecule has 3 heteroatoms. The van der Waals surface area contributed by atoms with Crippen molar-refractivity contribution < 1.29 is 4.79 Å². The zero-order chi connectivity index (χ0) is 13.4. The summed E-state index contributed by atoms with van der Waals surface area (Å²) in [7, 11) is 0. The van der Waals surface area contributed by atoms with E-state index < -0.39 is 0 Å². The van der Waals surface area contributed by atoms with Crippen LogP contribution in [0.25, 0.3) is 0 Å². The molecule has 0 bridgehead atoms. The van der Waals surface area contributed by atoms with E-state index in [0.717, 1.165) is 37.3 Å². The SMILES string of the molecule is CC1CC(C)CN(C(=O)c2ccc3c(c2)NCC3)C1. The lowest BCUT2D eigenvalue weighted by atomic mass is 9.91. The molecule has 0 aliphatic carbocycles. The molecule has 2 heterocycles. The molecule has 2 aliphatic rings. The van der Waals surface area contributed by atoms with Gasteiger partial charge in [-0.3, -0.25) is 4.79 Å². The van der Waals surface area contributed by atoms with Crippen molar-refractivity contribution in [2.24, 2.45) is 11.8 Å². The minimum atomic E-state index is 0.190. The molecule has 2 atom stereocenters.